The van der Waals surface area contributed by atoms with Gasteiger partial charge in [-0.2, -0.15) is 0 Å². The second-order valence-corrected chi connectivity index (χ2v) is 5.13. The van der Waals surface area contributed by atoms with Gasteiger partial charge in [-0.3, -0.25) is 9.59 Å². The van der Waals surface area contributed by atoms with Crippen LogP contribution in [0, 0.1) is 0 Å². The molecule has 0 radical (unpaired) electrons. The lowest BCUT2D eigenvalue weighted by Crippen LogP contribution is -2.80. The maximum atomic E-state index is 11.9. The van der Waals surface area contributed by atoms with Gasteiger partial charge in [-0.05, 0) is 20.8 Å². The highest BCUT2D eigenvalue weighted by Crippen LogP contribution is 2.42. The largest absolute Gasteiger partial charge is 0.376 e. The Balaban J connectivity index is 2.54. The van der Waals surface area contributed by atoms with Crippen molar-refractivity contribution < 1.29 is 39.1 Å². The van der Waals surface area contributed by atoms with Crippen LogP contribution in [0.1, 0.15) is 20.8 Å². The third-order valence-corrected chi connectivity index (χ3v) is 3.90. The van der Waals surface area contributed by atoms with Crippen LogP contribution in [0.15, 0.2) is 0 Å². The molecule has 2 heterocycles. The number of hydrogen-bond acceptors (Lipinski definition) is 8. The van der Waals surface area contributed by atoms with E-state index < -0.39 is 47.6 Å². The van der Waals surface area contributed by atoms with Crippen LogP contribution >= 0.6 is 0 Å². The van der Waals surface area contributed by atoms with Gasteiger partial charge in [-0.15, -0.1) is 0 Å². The van der Waals surface area contributed by atoms with Crippen molar-refractivity contribution in [3.63, 3.8) is 0 Å². The Morgan fingerprint density at radius 3 is 2.15 bits per heavy atom. The van der Waals surface area contributed by atoms with Crippen LogP contribution in [0.3, 0.4) is 0 Å². The first kappa shape index (κ1) is 15.5. The minimum atomic E-state index is -2.79. The van der Waals surface area contributed by atoms with Gasteiger partial charge in [0, 0.05) is 0 Å². The molecule has 0 saturated carbocycles. The molecule has 2 unspecified atom stereocenters. The van der Waals surface area contributed by atoms with Crippen LogP contribution in [0.2, 0.25) is 0 Å². The Hall–Kier alpha value is -0.900. The van der Waals surface area contributed by atoms with E-state index in [9.17, 15) is 24.9 Å². The number of aliphatic hydroxyl groups is 3. The summed E-state index contributed by atoms with van der Waals surface area (Å²) < 4.78 is 15.6. The summed E-state index contributed by atoms with van der Waals surface area (Å²) in [6.45, 7) is 3.44. The van der Waals surface area contributed by atoms with Gasteiger partial charge in [0.1, 0.15) is 12.2 Å². The molecular weight excluding hydrogens is 272 g/mol. The summed E-state index contributed by atoms with van der Waals surface area (Å²) in [6, 6.07) is 0. The minimum absolute atomic E-state index is 0.0491. The van der Waals surface area contributed by atoms with Gasteiger partial charge in [0.05, 0.1) is 6.61 Å². The van der Waals surface area contributed by atoms with E-state index in [1.54, 1.807) is 0 Å². The molecule has 114 valence electrons. The van der Waals surface area contributed by atoms with Crippen molar-refractivity contribution in [1.29, 1.82) is 0 Å². The maximum Gasteiger partial charge on any atom is 0.212 e. The standard InChI is InChI=1S/C12H18O8/c1-5(13)11(16)9-8(4-18-7(3)19-9)20-10(15)12(11,17)6(2)14/h7-10,15-17H,4H2,1-3H3/t7?,8-,9-,10?,11+,12+/m1/s1. The van der Waals surface area contributed by atoms with Crippen LogP contribution in [-0.2, 0) is 23.8 Å². The van der Waals surface area contributed by atoms with Gasteiger partial charge in [-0.25, -0.2) is 0 Å². The number of carbonyl (C=O) groups is 2. The normalized spacial score (nSPS) is 48.5. The van der Waals surface area contributed by atoms with Gasteiger partial charge >= 0.3 is 0 Å². The fraction of sp³-hybridized carbons (Fsp3) is 0.833. The summed E-state index contributed by atoms with van der Waals surface area (Å²) in [5.41, 5.74) is -5.41. The molecule has 8 nitrogen and oxygen atoms in total. The topological polar surface area (TPSA) is 123 Å². The Labute approximate surface area is 115 Å². The Kier molecular flexibility index (Phi) is 3.74. The summed E-state index contributed by atoms with van der Waals surface area (Å²) in [5.74, 6) is -1.90. The van der Waals surface area contributed by atoms with E-state index in [1.807, 2.05) is 0 Å². The highest BCUT2D eigenvalue weighted by atomic mass is 16.7. The fourth-order valence-corrected chi connectivity index (χ4v) is 2.71. The first-order valence-electron chi connectivity index (χ1n) is 6.23. The molecule has 8 heteroatoms. The number of fused-ring (bicyclic) bond motifs is 1. The van der Waals surface area contributed by atoms with Crippen molar-refractivity contribution >= 4 is 11.6 Å². The van der Waals surface area contributed by atoms with Gasteiger partial charge < -0.3 is 29.5 Å². The molecule has 0 aromatic carbocycles. The van der Waals surface area contributed by atoms with Crippen LogP contribution in [0.5, 0.6) is 0 Å². The third-order valence-electron chi connectivity index (χ3n) is 3.90. The lowest BCUT2D eigenvalue weighted by molar-refractivity contribution is -0.384. The van der Waals surface area contributed by atoms with Crippen molar-refractivity contribution in [2.45, 2.75) is 56.8 Å². The molecule has 0 amide bonds. The molecule has 0 spiro atoms. The lowest BCUT2D eigenvalue weighted by Gasteiger charge is -2.54. The molecule has 0 aromatic rings. The average Bonchev–Trinajstić information content (AvgIpc) is 2.36. The molecule has 3 N–H and O–H groups in total. The zero-order valence-corrected chi connectivity index (χ0v) is 11.4. The highest BCUT2D eigenvalue weighted by Gasteiger charge is 2.71. The smallest absolute Gasteiger partial charge is 0.212 e. The summed E-state index contributed by atoms with van der Waals surface area (Å²) in [6.07, 6.45) is -5.11. The molecule has 2 aliphatic heterocycles. The second kappa shape index (κ2) is 4.83. The minimum Gasteiger partial charge on any atom is -0.376 e. The predicted octanol–water partition coefficient (Wildman–Crippen LogP) is -1.89. The molecular formula is C12H18O8. The van der Waals surface area contributed by atoms with E-state index in [4.69, 9.17) is 14.2 Å². The second-order valence-electron chi connectivity index (χ2n) is 5.13. The molecule has 2 saturated heterocycles. The zero-order chi connectivity index (χ0) is 15.3. The molecule has 2 fully saturated rings. The summed E-state index contributed by atoms with van der Waals surface area (Å²) in [5, 5.41) is 31.0. The van der Waals surface area contributed by atoms with Crippen LogP contribution in [-0.4, -0.2) is 69.5 Å². The number of ether oxygens (including phenoxy) is 3. The number of ketones is 2. The van der Waals surface area contributed by atoms with Gasteiger partial charge in [0.15, 0.2) is 29.7 Å². The van der Waals surface area contributed by atoms with Crippen molar-refractivity contribution in [3.05, 3.63) is 0 Å². The van der Waals surface area contributed by atoms with Crippen molar-refractivity contribution in [2.24, 2.45) is 0 Å². The molecule has 2 rings (SSSR count). The van der Waals surface area contributed by atoms with Crippen molar-refractivity contribution in [3.8, 4) is 0 Å². The van der Waals surface area contributed by atoms with E-state index in [2.05, 4.69) is 0 Å². The zero-order valence-electron chi connectivity index (χ0n) is 11.4. The Morgan fingerprint density at radius 2 is 1.65 bits per heavy atom. The third kappa shape index (κ3) is 1.84. The molecule has 0 aliphatic carbocycles. The van der Waals surface area contributed by atoms with Crippen LogP contribution < -0.4 is 0 Å². The Morgan fingerprint density at radius 1 is 1.10 bits per heavy atom. The highest BCUT2D eigenvalue weighted by molar-refractivity contribution is 5.98. The lowest BCUT2D eigenvalue weighted by atomic mass is 9.69. The summed E-state index contributed by atoms with van der Waals surface area (Å²) >= 11 is 0. The molecule has 20 heavy (non-hydrogen) atoms. The first-order chi connectivity index (χ1) is 9.15. The van der Waals surface area contributed by atoms with E-state index in [1.165, 1.54) is 6.92 Å². The number of hydrogen-bond donors (Lipinski definition) is 3. The number of Topliss-reactive ketones (excluding diaryl/α,β-unsaturated/α-hetero) is 2. The van der Waals surface area contributed by atoms with E-state index in [-0.39, 0.29) is 6.61 Å². The Bertz CT molecular complexity index is 437. The summed E-state index contributed by atoms with van der Waals surface area (Å²) in [7, 11) is 0. The summed E-state index contributed by atoms with van der Waals surface area (Å²) in [4.78, 5) is 23.6. The number of carbonyl (C=O) groups excluding carboxylic acids is 2. The van der Waals surface area contributed by atoms with Gasteiger partial charge in [0.2, 0.25) is 5.60 Å². The van der Waals surface area contributed by atoms with E-state index in [0.717, 1.165) is 13.8 Å². The molecule has 2 aliphatic rings. The maximum absolute atomic E-state index is 11.9. The quantitative estimate of drug-likeness (QED) is 0.539. The number of aliphatic hydroxyl groups excluding tert-OH is 1. The van der Waals surface area contributed by atoms with Crippen molar-refractivity contribution in [1.82, 2.24) is 0 Å². The van der Waals surface area contributed by atoms with E-state index >= 15 is 0 Å². The predicted molar refractivity (Wildman–Crippen MR) is 62.4 cm³/mol. The van der Waals surface area contributed by atoms with Gasteiger partial charge in [0.25, 0.3) is 0 Å². The SMILES string of the molecule is CC(=O)[C@]1(O)C(O)O[C@@H]2COC(C)O[C@H]2[C@@]1(O)C(C)=O. The van der Waals surface area contributed by atoms with Crippen molar-refractivity contribution in [2.75, 3.05) is 6.61 Å². The van der Waals surface area contributed by atoms with E-state index in [0.29, 0.717) is 0 Å². The molecule has 6 atom stereocenters. The molecule has 0 bridgehead atoms. The molecule has 0 aromatic heterocycles. The van der Waals surface area contributed by atoms with Crippen LogP contribution in [0.25, 0.3) is 0 Å². The van der Waals surface area contributed by atoms with Crippen LogP contribution in [0.4, 0.5) is 0 Å². The van der Waals surface area contributed by atoms with Gasteiger partial charge in [-0.1, -0.05) is 0 Å². The monoisotopic (exact) mass is 290 g/mol. The number of rotatable bonds is 2. The fourth-order valence-electron chi connectivity index (χ4n) is 2.71. The first-order valence-corrected chi connectivity index (χ1v) is 6.23. The average molecular weight is 290 g/mol.